The summed E-state index contributed by atoms with van der Waals surface area (Å²) in [5, 5.41) is 7.75. The van der Waals surface area contributed by atoms with Crippen LogP contribution in [0.2, 0.25) is 0 Å². The Bertz CT molecular complexity index is 618. The number of nitrogens with two attached hydrogens (primary N) is 1. The van der Waals surface area contributed by atoms with Crippen molar-refractivity contribution >= 4 is 31.0 Å². The largest absolute Gasteiger partial charge is 0.369 e. The molecule has 0 aliphatic carbocycles. The smallest absolute Gasteiger partial charge is 0.228 e. The summed E-state index contributed by atoms with van der Waals surface area (Å²) in [7, 11) is -0.664. The molecular weight excluding hydrogens is 305 g/mol. The van der Waals surface area contributed by atoms with Gasteiger partial charge >= 0.3 is 0 Å². The van der Waals surface area contributed by atoms with E-state index in [0.717, 1.165) is 16.3 Å². The molecule has 0 spiro atoms. The summed E-state index contributed by atoms with van der Waals surface area (Å²) < 4.78 is 11.5. The van der Waals surface area contributed by atoms with E-state index in [1.807, 2.05) is 38.1 Å². The number of hydrogen-bond acceptors (Lipinski definition) is 4. The highest BCUT2D eigenvalue weighted by Gasteiger charge is 2.31. The van der Waals surface area contributed by atoms with E-state index in [2.05, 4.69) is 10.6 Å². The van der Waals surface area contributed by atoms with Crippen LogP contribution in [0.4, 0.5) is 5.69 Å². The predicted octanol–water partition coefficient (Wildman–Crippen LogP) is 1.55. The predicted molar refractivity (Wildman–Crippen MR) is 89.0 cm³/mol. The van der Waals surface area contributed by atoms with Crippen molar-refractivity contribution in [2.24, 2.45) is 5.73 Å². The van der Waals surface area contributed by atoms with Crippen LogP contribution < -0.4 is 16.4 Å². The summed E-state index contributed by atoms with van der Waals surface area (Å²) in [5.74, 6) is -0.319. The van der Waals surface area contributed by atoms with Gasteiger partial charge in [-0.25, -0.2) is 0 Å². The number of rotatable bonds is 4. The fraction of sp³-hybridized carbons (Fsp3) is 0.357. The second-order valence-electron chi connectivity index (χ2n) is 5.02. The lowest BCUT2D eigenvalue weighted by Gasteiger charge is -2.34. The lowest BCUT2D eigenvalue weighted by molar-refractivity contribution is -0.117. The van der Waals surface area contributed by atoms with Gasteiger partial charge < -0.3 is 16.4 Å². The fourth-order valence-electron chi connectivity index (χ4n) is 2.15. The summed E-state index contributed by atoms with van der Waals surface area (Å²) in [5.41, 5.74) is 7.12. The summed E-state index contributed by atoms with van der Waals surface area (Å²) in [4.78, 5) is 12.4. The number of carbonyl (C=O) groups excluding carboxylic acids is 1. The normalized spacial score (nSPS) is 24.5. The molecule has 114 valence electrons. The maximum absolute atomic E-state index is 11.7. The van der Waals surface area contributed by atoms with Gasteiger partial charge in [0.25, 0.3) is 0 Å². The van der Waals surface area contributed by atoms with Crippen molar-refractivity contribution in [3.05, 3.63) is 35.3 Å². The van der Waals surface area contributed by atoms with Crippen LogP contribution in [0, 0.1) is 0 Å². The first-order valence-electron chi connectivity index (χ1n) is 6.58. The van der Waals surface area contributed by atoms with Gasteiger partial charge in [0.1, 0.15) is 6.17 Å². The van der Waals surface area contributed by atoms with Gasteiger partial charge in [-0.15, -0.1) is 0 Å². The van der Waals surface area contributed by atoms with Crippen molar-refractivity contribution < 1.29 is 9.00 Å². The summed E-state index contributed by atoms with van der Waals surface area (Å²) in [6.45, 7) is 4.00. The van der Waals surface area contributed by atoms with E-state index in [4.69, 9.17) is 5.73 Å². The molecule has 0 radical (unpaired) electrons. The molecule has 21 heavy (non-hydrogen) atoms. The number of amides is 1. The molecule has 7 heteroatoms. The Morgan fingerprint density at radius 1 is 1.43 bits per heavy atom. The van der Waals surface area contributed by atoms with Crippen LogP contribution >= 0.6 is 8.58 Å². The number of hydrogen-bond donors (Lipinski definition) is 3. The molecule has 2 rings (SSSR count). The minimum atomic E-state index is -1.04. The van der Waals surface area contributed by atoms with Gasteiger partial charge in [-0.3, -0.25) is 9.00 Å². The van der Waals surface area contributed by atoms with Crippen LogP contribution in [-0.4, -0.2) is 28.2 Å². The first-order chi connectivity index (χ1) is 9.88. The van der Waals surface area contributed by atoms with E-state index in [-0.39, 0.29) is 17.7 Å². The van der Waals surface area contributed by atoms with E-state index in [9.17, 15) is 9.00 Å². The van der Waals surface area contributed by atoms with Gasteiger partial charge in [0.15, 0.2) is 0 Å². The van der Waals surface area contributed by atoms with Crippen LogP contribution in [0.3, 0.4) is 0 Å². The van der Waals surface area contributed by atoms with Crippen LogP contribution in [0.1, 0.15) is 13.8 Å². The minimum Gasteiger partial charge on any atom is -0.369 e. The fourth-order valence-corrected chi connectivity index (χ4v) is 3.94. The van der Waals surface area contributed by atoms with E-state index in [1.54, 1.807) is 6.26 Å². The van der Waals surface area contributed by atoms with Gasteiger partial charge in [-0.1, -0.05) is 14.6 Å². The topological polar surface area (TPSA) is 84.2 Å². The summed E-state index contributed by atoms with van der Waals surface area (Å²) in [6, 6.07) is 7.38. The zero-order chi connectivity index (χ0) is 15.6. The maximum Gasteiger partial charge on any atom is 0.228 e. The van der Waals surface area contributed by atoms with E-state index >= 15 is 0 Å². The second-order valence-corrected chi connectivity index (χ2v) is 8.06. The van der Waals surface area contributed by atoms with Crippen molar-refractivity contribution in [2.75, 3.05) is 11.6 Å². The Labute approximate surface area is 129 Å². The van der Waals surface area contributed by atoms with Crippen molar-refractivity contribution in [1.82, 2.24) is 5.32 Å². The highest BCUT2D eigenvalue weighted by atomic mass is 32.2. The zero-order valence-electron chi connectivity index (χ0n) is 12.3. The number of nitrogens with one attached hydrogen (secondary N) is 2. The number of carbonyl (C=O) groups is 1. The Morgan fingerprint density at radius 2 is 2.14 bits per heavy atom. The second kappa shape index (κ2) is 6.58. The molecule has 1 aromatic rings. The Hall–Kier alpha value is -1.39. The number of anilines is 1. The summed E-state index contributed by atoms with van der Waals surface area (Å²) in [6.07, 6.45) is 1.40. The van der Waals surface area contributed by atoms with Crippen molar-refractivity contribution in [3.63, 3.8) is 0 Å². The average Bonchev–Trinajstić information content (AvgIpc) is 2.42. The van der Waals surface area contributed by atoms with Gasteiger partial charge in [0, 0.05) is 33.3 Å². The molecule has 5 nitrogen and oxygen atoms in total. The Balaban J connectivity index is 2.22. The van der Waals surface area contributed by atoms with Gasteiger partial charge in [-0.05, 0) is 37.4 Å². The zero-order valence-corrected chi connectivity index (χ0v) is 14.1. The molecule has 1 heterocycles. The molecule has 0 fully saturated rings. The molecule has 0 bridgehead atoms. The van der Waals surface area contributed by atoms with Gasteiger partial charge in [0.05, 0.1) is 5.66 Å². The average molecular weight is 325 g/mol. The van der Waals surface area contributed by atoms with E-state index in [1.165, 1.54) is 5.31 Å². The highest BCUT2D eigenvalue weighted by Crippen LogP contribution is 2.37. The SMILES string of the molecule is CC1=C(C)PC(C(N)=O)C(Nc2cccc(S(C)=O)c2)N1. The lowest BCUT2D eigenvalue weighted by Crippen LogP contribution is -2.50. The molecule has 4 N–H and O–H groups in total. The molecule has 1 amide bonds. The molecular formula is C14H20N3O2PS. The Kier molecular flexibility index (Phi) is 5.01. The van der Waals surface area contributed by atoms with Crippen LogP contribution in [0.15, 0.2) is 40.2 Å². The minimum absolute atomic E-state index is 0.245. The number of benzene rings is 1. The maximum atomic E-state index is 11.7. The highest BCUT2D eigenvalue weighted by molar-refractivity contribution is 7.84. The van der Waals surface area contributed by atoms with Gasteiger partial charge in [0.2, 0.25) is 5.91 Å². The van der Waals surface area contributed by atoms with E-state index < -0.39 is 10.8 Å². The quantitative estimate of drug-likeness (QED) is 0.733. The molecule has 0 saturated heterocycles. The number of primary amides is 1. The van der Waals surface area contributed by atoms with Crippen LogP contribution in [0.25, 0.3) is 0 Å². The molecule has 4 atom stereocenters. The first-order valence-corrected chi connectivity index (χ1v) is 9.22. The molecule has 1 aromatic carbocycles. The Morgan fingerprint density at radius 3 is 2.76 bits per heavy atom. The monoisotopic (exact) mass is 325 g/mol. The van der Waals surface area contributed by atoms with Crippen LogP contribution in [-0.2, 0) is 15.6 Å². The summed E-state index contributed by atoms with van der Waals surface area (Å²) >= 11 is 0. The van der Waals surface area contributed by atoms with Gasteiger partial charge in [-0.2, -0.15) is 0 Å². The molecule has 1 aliphatic heterocycles. The lowest BCUT2D eigenvalue weighted by atomic mass is 10.2. The third-order valence-corrected chi connectivity index (χ3v) is 6.09. The molecule has 0 aromatic heterocycles. The van der Waals surface area contributed by atoms with Crippen molar-refractivity contribution in [2.45, 2.75) is 30.6 Å². The first kappa shape index (κ1) is 16.0. The third kappa shape index (κ3) is 3.83. The number of allylic oxidation sites excluding steroid dienone is 2. The van der Waals surface area contributed by atoms with E-state index in [0.29, 0.717) is 8.58 Å². The molecule has 0 saturated carbocycles. The third-order valence-electron chi connectivity index (χ3n) is 3.43. The molecule has 4 unspecified atom stereocenters. The van der Waals surface area contributed by atoms with Crippen LogP contribution in [0.5, 0.6) is 0 Å². The standard InChI is InChI=1S/C14H20N3O2PS/c1-8-9(2)20-12(13(15)18)14(16-8)17-10-5-4-6-11(7-10)21(3)19/h4-7,12,14,16-17,20H,1-3H3,(H2,15,18). The van der Waals surface area contributed by atoms with Crippen molar-refractivity contribution in [3.8, 4) is 0 Å². The van der Waals surface area contributed by atoms with Crippen molar-refractivity contribution in [1.29, 1.82) is 0 Å². The molecule has 1 aliphatic rings.